The minimum atomic E-state index is -0.195. The molecule has 39 heavy (non-hydrogen) atoms. The van der Waals surface area contributed by atoms with Crippen molar-refractivity contribution >= 4 is 45.4 Å². The van der Waals surface area contributed by atoms with Gasteiger partial charge in [-0.25, -0.2) is 4.98 Å². The van der Waals surface area contributed by atoms with Crippen LogP contribution in [0.1, 0.15) is 49.5 Å². The van der Waals surface area contributed by atoms with Crippen LogP contribution in [0.15, 0.2) is 54.9 Å². The minimum Gasteiger partial charge on any atom is -0.347 e. The zero-order valence-electron chi connectivity index (χ0n) is 21.0. The van der Waals surface area contributed by atoms with Crippen LogP contribution in [0, 0.1) is 0 Å². The number of anilines is 1. The van der Waals surface area contributed by atoms with Gasteiger partial charge in [-0.1, -0.05) is 24.3 Å². The van der Waals surface area contributed by atoms with E-state index in [9.17, 15) is 14.4 Å². The molecule has 5 heterocycles. The summed E-state index contributed by atoms with van der Waals surface area (Å²) in [6.45, 7) is 2.55. The number of nitrogens with one attached hydrogen (secondary N) is 4. The van der Waals surface area contributed by atoms with Crippen molar-refractivity contribution in [3.8, 4) is 10.4 Å². The molecule has 3 amide bonds. The zero-order chi connectivity index (χ0) is 26.8. The van der Waals surface area contributed by atoms with Crippen molar-refractivity contribution in [3.63, 3.8) is 0 Å². The molecule has 0 radical (unpaired) electrons. The number of hydrogen-bond donors (Lipinski definition) is 4. The maximum Gasteiger partial charge on any atom is 0.269 e. The lowest BCUT2D eigenvalue weighted by Gasteiger charge is -2.37. The third-order valence-electron chi connectivity index (χ3n) is 6.92. The number of thiophene rings is 1. The van der Waals surface area contributed by atoms with Gasteiger partial charge in [-0.3, -0.25) is 19.5 Å². The first-order valence-electron chi connectivity index (χ1n) is 12.8. The van der Waals surface area contributed by atoms with E-state index in [-0.39, 0.29) is 29.7 Å². The Morgan fingerprint density at radius 1 is 1.05 bits per heavy atom. The molecule has 2 aliphatic rings. The van der Waals surface area contributed by atoms with E-state index in [4.69, 9.17) is 0 Å². The Labute approximate surface area is 232 Å². The fraction of sp³-hybridized carbons (Fsp3) is 0.296. The van der Waals surface area contributed by atoms with Gasteiger partial charge in [-0.05, 0) is 48.7 Å². The first-order valence-corrected chi connectivity index (χ1v) is 14.4. The van der Waals surface area contributed by atoms with Gasteiger partial charge in [0.1, 0.15) is 5.69 Å². The molecule has 2 saturated heterocycles. The number of rotatable bonds is 8. The molecule has 200 valence electrons. The van der Waals surface area contributed by atoms with Crippen LogP contribution in [0.3, 0.4) is 0 Å². The number of hydrogen-bond acceptors (Lipinski definition) is 8. The van der Waals surface area contributed by atoms with E-state index in [1.807, 2.05) is 35.4 Å². The van der Waals surface area contributed by atoms with Crippen molar-refractivity contribution in [1.82, 2.24) is 30.7 Å². The van der Waals surface area contributed by atoms with Crippen molar-refractivity contribution in [1.29, 1.82) is 0 Å². The van der Waals surface area contributed by atoms with Crippen LogP contribution >= 0.6 is 22.7 Å². The lowest BCUT2D eigenvalue weighted by atomic mass is 10.0. The van der Waals surface area contributed by atoms with E-state index in [1.54, 1.807) is 35.7 Å². The second-order valence-electron chi connectivity index (χ2n) is 9.62. The molecule has 0 unspecified atom stereocenters. The molecule has 10 nitrogen and oxygen atoms in total. The molecule has 2 aliphatic heterocycles. The summed E-state index contributed by atoms with van der Waals surface area (Å²) in [5.74, 6) is -0.0246. The number of amides is 3. The maximum absolute atomic E-state index is 12.9. The molecule has 0 saturated carbocycles. The Balaban J connectivity index is 0.994. The molecule has 4 aromatic rings. The van der Waals surface area contributed by atoms with Crippen LogP contribution in [0.2, 0.25) is 0 Å². The Morgan fingerprint density at radius 2 is 1.90 bits per heavy atom. The first-order chi connectivity index (χ1) is 19.0. The minimum absolute atomic E-state index is 0.0114. The molecule has 6 rings (SSSR count). The highest BCUT2D eigenvalue weighted by atomic mass is 32.1. The molecule has 0 aliphatic carbocycles. The van der Waals surface area contributed by atoms with Crippen LogP contribution in [0.4, 0.5) is 5.00 Å². The van der Waals surface area contributed by atoms with Crippen LogP contribution in [-0.4, -0.2) is 63.5 Å². The molecule has 1 aromatic carbocycles. The molecular weight excluding hydrogens is 534 g/mol. The third kappa shape index (κ3) is 5.63. The number of nitrogens with zero attached hydrogens (tertiary/aromatic N) is 3. The van der Waals surface area contributed by atoms with Crippen molar-refractivity contribution in [3.05, 3.63) is 76.0 Å². The normalized spacial score (nSPS) is 17.1. The Hall–Kier alpha value is -3.87. The molecule has 4 N–H and O–H groups in total. The fourth-order valence-electron chi connectivity index (χ4n) is 4.65. The fourth-order valence-corrected chi connectivity index (χ4v) is 6.53. The number of benzene rings is 1. The Morgan fingerprint density at radius 3 is 2.64 bits per heavy atom. The summed E-state index contributed by atoms with van der Waals surface area (Å²) in [6, 6.07) is 13.1. The largest absolute Gasteiger partial charge is 0.347 e. The highest BCUT2D eigenvalue weighted by Gasteiger charge is 2.35. The molecule has 12 heteroatoms. The van der Waals surface area contributed by atoms with Gasteiger partial charge in [0, 0.05) is 37.9 Å². The van der Waals surface area contributed by atoms with E-state index >= 15 is 0 Å². The average Bonchev–Trinajstić information content (AvgIpc) is 3.74. The lowest BCUT2D eigenvalue weighted by molar-refractivity contribution is -0.117. The SMILES string of the molecule is O=C(NCc1ccc(-c2cnc(C3CN(C(=O)c4ccc(NC(=O)[C@@H]5CCCN5)s4)C3)s2)cc1)c1ccn[nH]1. The Bertz CT molecular complexity index is 1470. The summed E-state index contributed by atoms with van der Waals surface area (Å²) in [5.41, 5.74) is 2.49. The van der Waals surface area contributed by atoms with E-state index in [0.29, 0.717) is 35.2 Å². The summed E-state index contributed by atoms with van der Waals surface area (Å²) in [5, 5.41) is 17.1. The van der Waals surface area contributed by atoms with Gasteiger partial charge in [0.25, 0.3) is 11.8 Å². The van der Waals surface area contributed by atoms with Gasteiger partial charge in [0.2, 0.25) is 5.91 Å². The predicted molar refractivity (Wildman–Crippen MR) is 150 cm³/mol. The lowest BCUT2D eigenvalue weighted by Crippen LogP contribution is -2.48. The zero-order valence-corrected chi connectivity index (χ0v) is 22.6. The molecular formula is C27H27N7O3S2. The van der Waals surface area contributed by atoms with Crippen LogP contribution in [-0.2, 0) is 11.3 Å². The third-order valence-corrected chi connectivity index (χ3v) is 9.12. The molecule has 0 spiro atoms. The van der Waals surface area contributed by atoms with Gasteiger partial charge in [0.05, 0.1) is 25.8 Å². The summed E-state index contributed by atoms with van der Waals surface area (Å²) >= 11 is 2.96. The topological polar surface area (TPSA) is 132 Å². The molecule has 3 aromatic heterocycles. The van der Waals surface area contributed by atoms with Crippen molar-refractivity contribution in [2.24, 2.45) is 0 Å². The van der Waals surface area contributed by atoms with Gasteiger partial charge >= 0.3 is 0 Å². The molecule has 0 bridgehead atoms. The monoisotopic (exact) mass is 561 g/mol. The number of likely N-dealkylation sites (tertiary alicyclic amines) is 1. The van der Waals surface area contributed by atoms with E-state index < -0.39 is 0 Å². The van der Waals surface area contributed by atoms with E-state index in [0.717, 1.165) is 40.4 Å². The highest BCUT2D eigenvalue weighted by Crippen LogP contribution is 2.36. The summed E-state index contributed by atoms with van der Waals surface area (Å²) in [4.78, 5) is 45.5. The Kier molecular flexibility index (Phi) is 7.22. The van der Waals surface area contributed by atoms with Crippen molar-refractivity contribution in [2.45, 2.75) is 31.3 Å². The second kappa shape index (κ2) is 11.1. The van der Waals surface area contributed by atoms with Crippen LogP contribution in [0.5, 0.6) is 0 Å². The van der Waals surface area contributed by atoms with Crippen molar-refractivity contribution < 1.29 is 14.4 Å². The summed E-state index contributed by atoms with van der Waals surface area (Å²) < 4.78 is 0. The van der Waals surface area contributed by atoms with Crippen LogP contribution < -0.4 is 16.0 Å². The quantitative estimate of drug-likeness (QED) is 0.261. The number of aromatic nitrogens is 3. The summed E-state index contributed by atoms with van der Waals surface area (Å²) in [7, 11) is 0. The van der Waals surface area contributed by atoms with E-state index in [1.165, 1.54) is 11.3 Å². The predicted octanol–water partition coefficient (Wildman–Crippen LogP) is 3.45. The van der Waals surface area contributed by atoms with Gasteiger partial charge < -0.3 is 20.9 Å². The number of carbonyl (C=O) groups excluding carboxylic acids is 3. The smallest absolute Gasteiger partial charge is 0.269 e. The highest BCUT2D eigenvalue weighted by molar-refractivity contribution is 7.18. The number of H-pyrrole nitrogens is 1. The second-order valence-corrected chi connectivity index (χ2v) is 11.8. The number of carbonyl (C=O) groups is 3. The van der Waals surface area contributed by atoms with Gasteiger partial charge in [0.15, 0.2) is 0 Å². The number of thiazole rings is 1. The van der Waals surface area contributed by atoms with E-state index in [2.05, 4.69) is 31.1 Å². The average molecular weight is 562 g/mol. The molecule has 2 fully saturated rings. The number of aromatic amines is 1. The molecule has 1 atom stereocenters. The van der Waals surface area contributed by atoms with Crippen LogP contribution in [0.25, 0.3) is 10.4 Å². The summed E-state index contributed by atoms with van der Waals surface area (Å²) in [6.07, 6.45) is 5.27. The standard InChI is InChI=1S/C27H27N7O3S2/c35-24(20-9-11-31-33-20)29-12-16-3-5-17(6-4-16)22-13-30-26(39-22)18-14-34(15-18)27(37)21-7-8-23(38-21)32-25(36)19-2-1-10-28-19/h3-9,11,13,18-19,28H,1-2,10,12,14-15H2,(H,29,35)(H,31,33)(H,32,36)/t19-/m0/s1. The first kappa shape index (κ1) is 25.4. The van der Waals surface area contributed by atoms with Crippen molar-refractivity contribution in [2.75, 3.05) is 25.0 Å². The van der Waals surface area contributed by atoms with Gasteiger partial charge in [-0.15, -0.1) is 22.7 Å². The van der Waals surface area contributed by atoms with Gasteiger partial charge in [-0.2, -0.15) is 5.10 Å². The maximum atomic E-state index is 12.9.